The second-order valence-corrected chi connectivity index (χ2v) is 3.55. The summed E-state index contributed by atoms with van der Waals surface area (Å²) in [6.45, 7) is 5.19. The highest BCUT2D eigenvalue weighted by Crippen LogP contribution is 2.01. The van der Waals surface area contributed by atoms with Crippen LogP contribution in [-0.4, -0.2) is 29.1 Å². The summed E-state index contributed by atoms with van der Waals surface area (Å²) in [5, 5.41) is 9.25. The number of esters is 1. The summed E-state index contributed by atoms with van der Waals surface area (Å²) in [5.41, 5.74) is 0. The second-order valence-electron chi connectivity index (χ2n) is 3.55. The standard InChI is InChI=1S/C11H18O4/c1-4-5-9(12)6-10(13)7-11(14)15-8(2)3/h4-5,8-9,12H,6-7H2,1-3H3. The quantitative estimate of drug-likeness (QED) is 0.410. The molecule has 0 spiro atoms. The summed E-state index contributed by atoms with van der Waals surface area (Å²) in [6.07, 6.45) is 1.82. The monoisotopic (exact) mass is 214 g/mol. The molecular formula is C11H18O4. The molecule has 0 saturated heterocycles. The van der Waals surface area contributed by atoms with Gasteiger partial charge in [0.2, 0.25) is 0 Å². The van der Waals surface area contributed by atoms with Crippen molar-refractivity contribution in [3.05, 3.63) is 12.2 Å². The van der Waals surface area contributed by atoms with E-state index in [1.54, 1.807) is 26.8 Å². The van der Waals surface area contributed by atoms with Crippen LogP contribution in [0.2, 0.25) is 0 Å². The van der Waals surface area contributed by atoms with Crippen LogP contribution in [0.5, 0.6) is 0 Å². The average Bonchev–Trinajstić information content (AvgIpc) is 2.00. The molecule has 0 heterocycles. The van der Waals surface area contributed by atoms with Crippen molar-refractivity contribution in [3.8, 4) is 0 Å². The normalized spacial score (nSPS) is 13.1. The van der Waals surface area contributed by atoms with Crippen LogP contribution in [0.1, 0.15) is 33.6 Å². The third-order valence-corrected chi connectivity index (χ3v) is 1.56. The maximum Gasteiger partial charge on any atom is 0.313 e. The van der Waals surface area contributed by atoms with E-state index in [0.717, 1.165) is 0 Å². The van der Waals surface area contributed by atoms with Gasteiger partial charge in [-0.25, -0.2) is 0 Å². The molecule has 1 atom stereocenters. The van der Waals surface area contributed by atoms with E-state index in [1.807, 2.05) is 0 Å². The van der Waals surface area contributed by atoms with Gasteiger partial charge in [-0.2, -0.15) is 0 Å². The molecular weight excluding hydrogens is 196 g/mol. The molecule has 0 saturated carbocycles. The fourth-order valence-corrected chi connectivity index (χ4v) is 1.06. The SMILES string of the molecule is CC=CC(O)CC(=O)CC(=O)OC(C)C. The Bertz CT molecular complexity index is 243. The molecule has 0 bridgehead atoms. The van der Waals surface area contributed by atoms with Crippen LogP contribution < -0.4 is 0 Å². The van der Waals surface area contributed by atoms with E-state index >= 15 is 0 Å². The van der Waals surface area contributed by atoms with Gasteiger partial charge in [0.15, 0.2) is 0 Å². The molecule has 0 aromatic carbocycles. The third-order valence-electron chi connectivity index (χ3n) is 1.56. The molecule has 4 heteroatoms. The topological polar surface area (TPSA) is 63.6 Å². The fourth-order valence-electron chi connectivity index (χ4n) is 1.06. The van der Waals surface area contributed by atoms with E-state index < -0.39 is 12.1 Å². The number of ketones is 1. The Morgan fingerprint density at radius 2 is 2.00 bits per heavy atom. The van der Waals surface area contributed by atoms with Gasteiger partial charge in [-0.1, -0.05) is 12.2 Å². The molecule has 0 aliphatic carbocycles. The number of rotatable bonds is 6. The highest BCUT2D eigenvalue weighted by molar-refractivity contribution is 5.95. The van der Waals surface area contributed by atoms with E-state index in [1.165, 1.54) is 6.08 Å². The second kappa shape index (κ2) is 7.17. The molecule has 15 heavy (non-hydrogen) atoms. The first-order chi connectivity index (χ1) is 6.95. The average molecular weight is 214 g/mol. The molecule has 86 valence electrons. The number of carbonyl (C=O) groups is 2. The van der Waals surface area contributed by atoms with E-state index in [9.17, 15) is 14.7 Å². The van der Waals surface area contributed by atoms with Crippen molar-refractivity contribution in [1.82, 2.24) is 0 Å². The minimum Gasteiger partial charge on any atom is -0.463 e. The van der Waals surface area contributed by atoms with E-state index in [-0.39, 0.29) is 24.7 Å². The molecule has 0 amide bonds. The molecule has 1 unspecified atom stereocenters. The van der Waals surface area contributed by atoms with Gasteiger partial charge in [-0.15, -0.1) is 0 Å². The maximum atomic E-state index is 11.2. The number of allylic oxidation sites excluding steroid dienone is 1. The lowest BCUT2D eigenvalue weighted by Crippen LogP contribution is -2.18. The number of hydrogen-bond acceptors (Lipinski definition) is 4. The highest BCUT2D eigenvalue weighted by atomic mass is 16.5. The molecule has 0 aromatic heterocycles. The highest BCUT2D eigenvalue weighted by Gasteiger charge is 2.14. The van der Waals surface area contributed by atoms with Crippen molar-refractivity contribution in [2.24, 2.45) is 0 Å². The number of Topliss-reactive ketones (excluding diaryl/α,β-unsaturated/α-hetero) is 1. The van der Waals surface area contributed by atoms with E-state index in [4.69, 9.17) is 4.74 Å². The smallest absolute Gasteiger partial charge is 0.313 e. The summed E-state index contributed by atoms with van der Waals surface area (Å²) in [7, 11) is 0. The molecule has 1 N–H and O–H groups in total. The van der Waals surface area contributed by atoms with Crippen molar-refractivity contribution < 1.29 is 19.4 Å². The van der Waals surface area contributed by atoms with Crippen LogP contribution in [0.15, 0.2) is 12.2 Å². The molecule has 0 aromatic rings. The van der Waals surface area contributed by atoms with Gasteiger partial charge in [-0.05, 0) is 20.8 Å². The number of carbonyl (C=O) groups excluding carboxylic acids is 2. The van der Waals surface area contributed by atoms with Crippen LogP contribution >= 0.6 is 0 Å². The minimum absolute atomic E-state index is 0.0441. The Labute approximate surface area is 89.9 Å². The summed E-state index contributed by atoms with van der Waals surface area (Å²) >= 11 is 0. The lowest BCUT2D eigenvalue weighted by atomic mass is 10.1. The molecule has 0 fully saturated rings. The largest absolute Gasteiger partial charge is 0.463 e. The van der Waals surface area contributed by atoms with Crippen molar-refractivity contribution in [2.45, 2.75) is 45.8 Å². The van der Waals surface area contributed by atoms with Crippen LogP contribution in [-0.2, 0) is 14.3 Å². The van der Waals surface area contributed by atoms with Crippen LogP contribution in [0.4, 0.5) is 0 Å². The molecule has 0 aliphatic heterocycles. The van der Waals surface area contributed by atoms with Crippen molar-refractivity contribution in [2.75, 3.05) is 0 Å². The Morgan fingerprint density at radius 3 is 2.47 bits per heavy atom. The Hall–Kier alpha value is -1.16. The van der Waals surface area contributed by atoms with E-state index in [0.29, 0.717) is 0 Å². The number of aliphatic hydroxyl groups excluding tert-OH is 1. The Kier molecular flexibility index (Phi) is 6.62. The van der Waals surface area contributed by atoms with E-state index in [2.05, 4.69) is 0 Å². The predicted molar refractivity (Wildman–Crippen MR) is 56.3 cm³/mol. The zero-order valence-electron chi connectivity index (χ0n) is 9.40. The Morgan fingerprint density at radius 1 is 1.40 bits per heavy atom. The van der Waals surface area contributed by atoms with Crippen LogP contribution in [0.25, 0.3) is 0 Å². The van der Waals surface area contributed by atoms with Gasteiger partial charge < -0.3 is 9.84 Å². The Balaban J connectivity index is 3.88. The summed E-state index contributed by atoms with van der Waals surface area (Å²) in [6, 6.07) is 0. The number of aliphatic hydroxyl groups is 1. The van der Waals surface area contributed by atoms with Gasteiger partial charge in [0, 0.05) is 6.42 Å². The molecule has 0 radical (unpaired) electrons. The van der Waals surface area contributed by atoms with Gasteiger partial charge in [0.25, 0.3) is 0 Å². The molecule has 0 aliphatic rings. The first-order valence-corrected chi connectivity index (χ1v) is 4.97. The number of ether oxygens (including phenoxy) is 1. The zero-order chi connectivity index (χ0) is 11.8. The third kappa shape index (κ3) is 7.88. The zero-order valence-corrected chi connectivity index (χ0v) is 9.40. The maximum absolute atomic E-state index is 11.2. The number of hydrogen-bond donors (Lipinski definition) is 1. The van der Waals surface area contributed by atoms with Crippen molar-refractivity contribution in [1.29, 1.82) is 0 Å². The van der Waals surface area contributed by atoms with Crippen molar-refractivity contribution >= 4 is 11.8 Å². The summed E-state index contributed by atoms with van der Waals surface area (Å²) in [5.74, 6) is -0.853. The first-order valence-electron chi connectivity index (χ1n) is 4.97. The summed E-state index contributed by atoms with van der Waals surface area (Å²) < 4.78 is 4.80. The van der Waals surface area contributed by atoms with Crippen LogP contribution in [0, 0.1) is 0 Å². The first kappa shape index (κ1) is 13.8. The van der Waals surface area contributed by atoms with Crippen molar-refractivity contribution in [3.63, 3.8) is 0 Å². The lowest BCUT2D eigenvalue weighted by molar-refractivity contribution is -0.149. The predicted octanol–water partition coefficient (Wildman–Crippen LogP) is 1.22. The minimum atomic E-state index is -0.811. The lowest BCUT2D eigenvalue weighted by Gasteiger charge is -2.08. The van der Waals surface area contributed by atoms with Gasteiger partial charge in [0.1, 0.15) is 12.2 Å². The van der Waals surface area contributed by atoms with Gasteiger partial charge in [0.05, 0.1) is 12.2 Å². The molecule has 0 rings (SSSR count). The van der Waals surface area contributed by atoms with Gasteiger partial charge in [-0.3, -0.25) is 9.59 Å². The van der Waals surface area contributed by atoms with Gasteiger partial charge >= 0.3 is 5.97 Å². The molecule has 4 nitrogen and oxygen atoms in total. The van der Waals surface area contributed by atoms with Crippen LogP contribution in [0.3, 0.4) is 0 Å². The fraction of sp³-hybridized carbons (Fsp3) is 0.636. The summed E-state index contributed by atoms with van der Waals surface area (Å²) in [4.78, 5) is 22.3.